The number of hydrogen-bond donors (Lipinski definition) is 1. The number of aryl methyl sites for hydroxylation is 1. The van der Waals surface area contributed by atoms with E-state index in [9.17, 15) is 4.79 Å². The Morgan fingerprint density at radius 1 is 1.15 bits per heavy atom. The standard InChI is InChI=1S/C20H20N2O3S/c1-14-4-3-5-17(10-14)25-13-19(23)22-20-21-12-18(26-20)11-15-6-8-16(24-2)9-7-15/h3-10,12H,11,13H2,1-2H3,(H,21,22,23). The second-order valence-electron chi connectivity index (χ2n) is 5.81. The molecule has 1 heterocycles. The van der Waals surface area contributed by atoms with E-state index in [-0.39, 0.29) is 12.5 Å². The third-order valence-electron chi connectivity index (χ3n) is 3.70. The summed E-state index contributed by atoms with van der Waals surface area (Å²) in [6, 6.07) is 15.5. The number of hydrogen-bond acceptors (Lipinski definition) is 5. The van der Waals surface area contributed by atoms with Crippen molar-refractivity contribution in [3.8, 4) is 11.5 Å². The Morgan fingerprint density at radius 3 is 2.69 bits per heavy atom. The molecule has 0 aliphatic rings. The zero-order chi connectivity index (χ0) is 18.4. The number of carbonyl (C=O) groups is 1. The van der Waals surface area contributed by atoms with Crippen molar-refractivity contribution in [2.45, 2.75) is 13.3 Å². The van der Waals surface area contributed by atoms with Gasteiger partial charge in [-0.3, -0.25) is 10.1 Å². The molecule has 0 radical (unpaired) electrons. The van der Waals surface area contributed by atoms with Crippen molar-refractivity contribution in [3.63, 3.8) is 0 Å². The predicted molar refractivity (Wildman–Crippen MR) is 103 cm³/mol. The van der Waals surface area contributed by atoms with Crippen molar-refractivity contribution < 1.29 is 14.3 Å². The average Bonchev–Trinajstić information content (AvgIpc) is 3.07. The maximum absolute atomic E-state index is 12.0. The SMILES string of the molecule is COc1ccc(Cc2cnc(NC(=O)COc3cccc(C)c3)s2)cc1. The lowest BCUT2D eigenvalue weighted by Crippen LogP contribution is -2.19. The van der Waals surface area contributed by atoms with Gasteiger partial charge in [0, 0.05) is 17.5 Å². The zero-order valence-electron chi connectivity index (χ0n) is 14.7. The molecule has 0 unspecified atom stereocenters. The van der Waals surface area contributed by atoms with E-state index in [0.29, 0.717) is 10.9 Å². The highest BCUT2D eigenvalue weighted by molar-refractivity contribution is 7.15. The monoisotopic (exact) mass is 368 g/mol. The number of anilines is 1. The van der Waals surface area contributed by atoms with E-state index in [2.05, 4.69) is 10.3 Å². The van der Waals surface area contributed by atoms with Crippen LogP contribution in [-0.2, 0) is 11.2 Å². The molecule has 0 saturated heterocycles. The van der Waals surface area contributed by atoms with Gasteiger partial charge in [-0.1, -0.05) is 24.3 Å². The molecule has 6 heteroatoms. The lowest BCUT2D eigenvalue weighted by atomic mass is 10.1. The summed E-state index contributed by atoms with van der Waals surface area (Å²) in [5, 5.41) is 3.35. The van der Waals surface area contributed by atoms with E-state index in [4.69, 9.17) is 9.47 Å². The molecule has 0 saturated carbocycles. The minimum atomic E-state index is -0.225. The number of carbonyl (C=O) groups excluding carboxylic acids is 1. The van der Waals surface area contributed by atoms with Gasteiger partial charge in [-0.05, 0) is 42.3 Å². The molecule has 1 amide bonds. The number of nitrogens with zero attached hydrogens (tertiary/aromatic N) is 1. The number of amides is 1. The van der Waals surface area contributed by atoms with Crippen LogP contribution < -0.4 is 14.8 Å². The summed E-state index contributed by atoms with van der Waals surface area (Å²) in [6.07, 6.45) is 2.54. The minimum absolute atomic E-state index is 0.0448. The van der Waals surface area contributed by atoms with Crippen LogP contribution in [0, 0.1) is 6.92 Å². The fourth-order valence-electron chi connectivity index (χ4n) is 2.40. The molecule has 0 aliphatic carbocycles. The molecule has 3 aromatic rings. The Bertz CT molecular complexity index is 875. The second kappa shape index (κ2) is 8.49. The summed E-state index contributed by atoms with van der Waals surface area (Å²) in [4.78, 5) is 17.4. The van der Waals surface area contributed by atoms with Crippen molar-refractivity contribution in [2.24, 2.45) is 0 Å². The molecule has 1 N–H and O–H groups in total. The molecule has 0 spiro atoms. The van der Waals surface area contributed by atoms with E-state index < -0.39 is 0 Å². The Hall–Kier alpha value is -2.86. The summed E-state index contributed by atoms with van der Waals surface area (Å²) in [6.45, 7) is 1.93. The lowest BCUT2D eigenvalue weighted by molar-refractivity contribution is -0.118. The van der Waals surface area contributed by atoms with Gasteiger partial charge in [0.05, 0.1) is 7.11 Å². The van der Waals surface area contributed by atoms with Crippen LogP contribution in [0.2, 0.25) is 0 Å². The number of benzene rings is 2. The first-order chi connectivity index (χ1) is 12.6. The van der Waals surface area contributed by atoms with Gasteiger partial charge < -0.3 is 9.47 Å². The van der Waals surface area contributed by atoms with E-state index in [1.54, 1.807) is 13.3 Å². The van der Waals surface area contributed by atoms with Crippen LogP contribution >= 0.6 is 11.3 Å². The number of methoxy groups -OCH3 is 1. The first kappa shape index (κ1) is 17.9. The van der Waals surface area contributed by atoms with Crippen molar-refractivity contribution in [1.82, 2.24) is 4.98 Å². The van der Waals surface area contributed by atoms with E-state index in [1.165, 1.54) is 11.3 Å². The summed E-state index contributed by atoms with van der Waals surface area (Å²) >= 11 is 1.46. The smallest absolute Gasteiger partial charge is 0.264 e. The number of nitrogens with one attached hydrogen (secondary N) is 1. The molecule has 134 valence electrons. The summed E-state index contributed by atoms with van der Waals surface area (Å²) in [5.41, 5.74) is 2.25. The Labute approximate surface area is 156 Å². The Kier molecular flexibility index (Phi) is 5.86. The highest BCUT2D eigenvalue weighted by Crippen LogP contribution is 2.22. The molecule has 0 fully saturated rings. The number of aromatic nitrogens is 1. The fourth-order valence-corrected chi connectivity index (χ4v) is 3.26. The van der Waals surface area contributed by atoms with Crippen LogP contribution in [0.3, 0.4) is 0 Å². The van der Waals surface area contributed by atoms with Crippen molar-refractivity contribution >= 4 is 22.4 Å². The number of ether oxygens (including phenoxy) is 2. The van der Waals surface area contributed by atoms with Gasteiger partial charge in [-0.25, -0.2) is 4.98 Å². The molecule has 0 bridgehead atoms. The summed E-state index contributed by atoms with van der Waals surface area (Å²) in [7, 11) is 1.65. The quantitative estimate of drug-likeness (QED) is 0.683. The van der Waals surface area contributed by atoms with Crippen molar-refractivity contribution in [2.75, 3.05) is 19.0 Å². The molecular formula is C20H20N2O3S. The van der Waals surface area contributed by atoms with Gasteiger partial charge in [-0.2, -0.15) is 0 Å². The molecule has 3 rings (SSSR count). The van der Waals surface area contributed by atoms with Crippen LogP contribution in [0.15, 0.2) is 54.7 Å². The lowest BCUT2D eigenvalue weighted by Gasteiger charge is -2.06. The average molecular weight is 368 g/mol. The molecule has 5 nitrogen and oxygen atoms in total. The number of rotatable bonds is 7. The first-order valence-electron chi connectivity index (χ1n) is 8.19. The molecular weight excluding hydrogens is 348 g/mol. The van der Waals surface area contributed by atoms with Gasteiger partial charge in [0.1, 0.15) is 11.5 Å². The van der Waals surface area contributed by atoms with Crippen LogP contribution in [0.1, 0.15) is 16.0 Å². The molecule has 26 heavy (non-hydrogen) atoms. The maximum Gasteiger partial charge on any atom is 0.264 e. The van der Waals surface area contributed by atoms with Crippen molar-refractivity contribution in [3.05, 3.63) is 70.7 Å². The summed E-state index contributed by atoms with van der Waals surface area (Å²) < 4.78 is 10.7. The highest BCUT2D eigenvalue weighted by Gasteiger charge is 2.08. The Morgan fingerprint density at radius 2 is 1.96 bits per heavy atom. The van der Waals surface area contributed by atoms with Crippen LogP contribution in [-0.4, -0.2) is 24.6 Å². The molecule has 2 aromatic carbocycles. The van der Waals surface area contributed by atoms with Gasteiger partial charge in [0.2, 0.25) is 0 Å². The van der Waals surface area contributed by atoms with Gasteiger partial charge in [-0.15, -0.1) is 11.3 Å². The number of thiazole rings is 1. The van der Waals surface area contributed by atoms with Crippen LogP contribution in [0.5, 0.6) is 11.5 Å². The summed E-state index contributed by atoms with van der Waals surface area (Å²) in [5.74, 6) is 1.29. The Balaban J connectivity index is 1.51. The van der Waals surface area contributed by atoms with Gasteiger partial charge in [0.25, 0.3) is 5.91 Å². The van der Waals surface area contributed by atoms with Crippen molar-refractivity contribution in [1.29, 1.82) is 0 Å². The van der Waals surface area contributed by atoms with E-state index >= 15 is 0 Å². The first-order valence-corrected chi connectivity index (χ1v) is 9.01. The molecule has 0 aliphatic heterocycles. The van der Waals surface area contributed by atoms with Gasteiger partial charge >= 0.3 is 0 Å². The third kappa shape index (κ3) is 5.07. The third-order valence-corrected chi connectivity index (χ3v) is 4.61. The van der Waals surface area contributed by atoms with Gasteiger partial charge in [0.15, 0.2) is 11.7 Å². The van der Waals surface area contributed by atoms with Crippen LogP contribution in [0.4, 0.5) is 5.13 Å². The normalized spacial score (nSPS) is 10.4. The second-order valence-corrected chi connectivity index (χ2v) is 6.93. The molecule has 0 atom stereocenters. The van der Waals surface area contributed by atoms with Crippen LogP contribution in [0.25, 0.3) is 0 Å². The maximum atomic E-state index is 12.0. The topological polar surface area (TPSA) is 60.5 Å². The van der Waals surface area contributed by atoms with E-state index in [0.717, 1.165) is 28.2 Å². The fraction of sp³-hybridized carbons (Fsp3) is 0.200. The molecule has 1 aromatic heterocycles. The minimum Gasteiger partial charge on any atom is -0.497 e. The largest absolute Gasteiger partial charge is 0.497 e. The zero-order valence-corrected chi connectivity index (χ0v) is 15.5. The predicted octanol–water partition coefficient (Wildman–Crippen LogP) is 4.07. The van der Waals surface area contributed by atoms with E-state index in [1.807, 2.05) is 55.5 Å². The highest BCUT2D eigenvalue weighted by atomic mass is 32.1.